The van der Waals surface area contributed by atoms with Crippen molar-refractivity contribution in [2.75, 3.05) is 40.3 Å². The normalized spacial score (nSPS) is 11.8. The largest absolute Gasteiger partial charge is 0.312 e. The average molecular weight is 312 g/mol. The predicted octanol–water partition coefficient (Wildman–Crippen LogP) is 3.33. The number of rotatable bonds is 11. The maximum absolute atomic E-state index is 3.50. The van der Waals surface area contributed by atoms with Crippen molar-refractivity contribution < 1.29 is 0 Å². The van der Waals surface area contributed by atoms with E-state index in [9.17, 15) is 0 Å². The molecule has 0 aliphatic carbocycles. The lowest BCUT2D eigenvalue weighted by atomic mass is 10.2. The molecular weight excluding hydrogens is 278 g/mol. The van der Waals surface area contributed by atoms with E-state index in [1.165, 1.54) is 41.2 Å². The van der Waals surface area contributed by atoms with Gasteiger partial charge < -0.3 is 10.2 Å². The maximum atomic E-state index is 3.50. The van der Waals surface area contributed by atoms with E-state index in [1.54, 1.807) is 0 Å². The van der Waals surface area contributed by atoms with Crippen LogP contribution >= 0.6 is 11.3 Å². The fourth-order valence-corrected chi connectivity index (χ4v) is 3.44. The SMILES string of the molecule is CCCNCc1cc(CN(CC)CCCN(C)C)c(C)s1. The first-order valence-electron chi connectivity index (χ1n) is 8.22. The van der Waals surface area contributed by atoms with Crippen molar-refractivity contribution >= 4 is 11.3 Å². The molecule has 1 aromatic rings. The topological polar surface area (TPSA) is 18.5 Å². The molecule has 1 heterocycles. The molecule has 0 atom stereocenters. The van der Waals surface area contributed by atoms with Crippen LogP contribution in [0, 0.1) is 6.92 Å². The van der Waals surface area contributed by atoms with E-state index in [0.29, 0.717) is 0 Å². The van der Waals surface area contributed by atoms with Crippen LogP contribution in [0.1, 0.15) is 42.0 Å². The summed E-state index contributed by atoms with van der Waals surface area (Å²) in [5, 5.41) is 3.50. The Bertz CT molecular complexity index is 387. The zero-order valence-corrected chi connectivity index (χ0v) is 15.4. The summed E-state index contributed by atoms with van der Waals surface area (Å²) in [5.74, 6) is 0. The van der Waals surface area contributed by atoms with Gasteiger partial charge in [-0.3, -0.25) is 4.90 Å². The molecule has 0 radical (unpaired) electrons. The van der Waals surface area contributed by atoms with Crippen LogP contribution in [0.15, 0.2) is 6.07 Å². The molecule has 0 aliphatic rings. The third kappa shape index (κ3) is 7.41. The molecule has 0 saturated heterocycles. The highest BCUT2D eigenvalue weighted by atomic mass is 32.1. The molecule has 0 aromatic carbocycles. The molecule has 1 N–H and O–H groups in total. The first-order chi connectivity index (χ1) is 10.1. The van der Waals surface area contributed by atoms with Gasteiger partial charge >= 0.3 is 0 Å². The van der Waals surface area contributed by atoms with Crippen LogP contribution in [0.25, 0.3) is 0 Å². The molecule has 1 aromatic heterocycles. The van der Waals surface area contributed by atoms with Crippen LogP contribution < -0.4 is 5.32 Å². The van der Waals surface area contributed by atoms with Gasteiger partial charge in [-0.05, 0) is 71.7 Å². The van der Waals surface area contributed by atoms with E-state index >= 15 is 0 Å². The molecular formula is C17H33N3S. The van der Waals surface area contributed by atoms with Crippen LogP contribution in [0.3, 0.4) is 0 Å². The Morgan fingerprint density at radius 3 is 2.57 bits per heavy atom. The van der Waals surface area contributed by atoms with Crippen molar-refractivity contribution in [1.82, 2.24) is 15.1 Å². The lowest BCUT2D eigenvalue weighted by molar-refractivity contribution is 0.259. The van der Waals surface area contributed by atoms with Crippen molar-refractivity contribution in [3.05, 3.63) is 21.4 Å². The summed E-state index contributed by atoms with van der Waals surface area (Å²) in [6.07, 6.45) is 2.45. The molecule has 1 rings (SSSR count). The van der Waals surface area contributed by atoms with Crippen molar-refractivity contribution in [2.45, 2.75) is 46.7 Å². The molecule has 0 fully saturated rings. The van der Waals surface area contributed by atoms with E-state index in [4.69, 9.17) is 0 Å². The van der Waals surface area contributed by atoms with Gasteiger partial charge in [0.1, 0.15) is 0 Å². The highest BCUT2D eigenvalue weighted by Crippen LogP contribution is 2.23. The van der Waals surface area contributed by atoms with Gasteiger partial charge in [0.05, 0.1) is 0 Å². The summed E-state index contributed by atoms with van der Waals surface area (Å²) >= 11 is 1.95. The Labute approximate surface area is 135 Å². The van der Waals surface area contributed by atoms with Crippen molar-refractivity contribution in [3.8, 4) is 0 Å². The summed E-state index contributed by atoms with van der Waals surface area (Å²) in [6, 6.07) is 2.40. The van der Waals surface area contributed by atoms with Gasteiger partial charge in [-0.25, -0.2) is 0 Å². The molecule has 21 heavy (non-hydrogen) atoms. The summed E-state index contributed by atoms with van der Waals surface area (Å²) in [4.78, 5) is 7.78. The van der Waals surface area contributed by atoms with E-state index in [2.05, 4.69) is 56.0 Å². The second-order valence-electron chi connectivity index (χ2n) is 6.00. The summed E-state index contributed by atoms with van der Waals surface area (Å²) in [6.45, 7) is 13.5. The lowest BCUT2D eigenvalue weighted by Gasteiger charge is -2.21. The van der Waals surface area contributed by atoms with E-state index in [1.807, 2.05) is 11.3 Å². The van der Waals surface area contributed by atoms with Gasteiger partial charge in [0, 0.05) is 22.8 Å². The number of hydrogen-bond donors (Lipinski definition) is 1. The number of nitrogens with zero attached hydrogens (tertiary/aromatic N) is 2. The molecule has 0 amide bonds. The summed E-state index contributed by atoms with van der Waals surface area (Å²) < 4.78 is 0. The molecule has 0 spiro atoms. The summed E-state index contributed by atoms with van der Waals surface area (Å²) in [7, 11) is 4.30. The third-order valence-corrected chi connectivity index (χ3v) is 4.81. The number of thiophene rings is 1. The van der Waals surface area contributed by atoms with Crippen LogP contribution in [0.5, 0.6) is 0 Å². The second kappa shape index (κ2) is 10.3. The minimum Gasteiger partial charge on any atom is -0.312 e. The Kier molecular flexibility index (Phi) is 9.16. The van der Waals surface area contributed by atoms with E-state index < -0.39 is 0 Å². The smallest absolute Gasteiger partial charge is 0.0299 e. The van der Waals surface area contributed by atoms with Gasteiger partial charge in [-0.1, -0.05) is 13.8 Å². The lowest BCUT2D eigenvalue weighted by Crippen LogP contribution is -2.27. The molecule has 3 nitrogen and oxygen atoms in total. The first-order valence-corrected chi connectivity index (χ1v) is 9.04. The van der Waals surface area contributed by atoms with Gasteiger partial charge in [-0.15, -0.1) is 11.3 Å². The van der Waals surface area contributed by atoms with Gasteiger partial charge in [-0.2, -0.15) is 0 Å². The molecule has 0 bridgehead atoms. The summed E-state index contributed by atoms with van der Waals surface area (Å²) in [5.41, 5.74) is 1.51. The zero-order chi connectivity index (χ0) is 15.7. The van der Waals surface area contributed by atoms with Crippen LogP contribution in [0.2, 0.25) is 0 Å². The van der Waals surface area contributed by atoms with Crippen molar-refractivity contribution in [1.29, 1.82) is 0 Å². The Morgan fingerprint density at radius 1 is 1.19 bits per heavy atom. The fourth-order valence-electron chi connectivity index (χ4n) is 2.42. The predicted molar refractivity (Wildman–Crippen MR) is 95.2 cm³/mol. The second-order valence-corrected chi connectivity index (χ2v) is 7.34. The standard InChI is InChI=1S/C17H33N3S/c1-6-9-18-13-17-12-16(15(3)21-17)14-20(7-2)11-8-10-19(4)5/h12,18H,6-11,13-14H2,1-5H3. The Balaban J connectivity index is 2.47. The fraction of sp³-hybridized carbons (Fsp3) is 0.765. The molecule has 0 unspecified atom stereocenters. The van der Waals surface area contributed by atoms with Crippen LogP contribution in [-0.2, 0) is 13.1 Å². The highest BCUT2D eigenvalue weighted by molar-refractivity contribution is 7.12. The Morgan fingerprint density at radius 2 is 1.95 bits per heavy atom. The quantitative estimate of drug-likeness (QED) is 0.632. The van der Waals surface area contributed by atoms with E-state index in [-0.39, 0.29) is 0 Å². The monoisotopic (exact) mass is 311 g/mol. The number of aryl methyl sites for hydroxylation is 1. The highest BCUT2D eigenvalue weighted by Gasteiger charge is 2.09. The molecule has 0 aliphatic heterocycles. The first kappa shape index (κ1) is 18.6. The van der Waals surface area contributed by atoms with Gasteiger partial charge in [0.2, 0.25) is 0 Å². The van der Waals surface area contributed by atoms with Crippen molar-refractivity contribution in [3.63, 3.8) is 0 Å². The van der Waals surface area contributed by atoms with Gasteiger partial charge in [0.15, 0.2) is 0 Å². The van der Waals surface area contributed by atoms with Crippen LogP contribution in [-0.4, -0.2) is 50.1 Å². The number of nitrogens with one attached hydrogen (secondary N) is 1. The zero-order valence-electron chi connectivity index (χ0n) is 14.5. The Hall–Kier alpha value is -0.420. The van der Waals surface area contributed by atoms with E-state index in [0.717, 1.165) is 26.2 Å². The molecule has 122 valence electrons. The van der Waals surface area contributed by atoms with Gasteiger partial charge in [0.25, 0.3) is 0 Å². The molecule has 4 heteroatoms. The number of hydrogen-bond acceptors (Lipinski definition) is 4. The maximum Gasteiger partial charge on any atom is 0.0299 e. The van der Waals surface area contributed by atoms with Crippen LogP contribution in [0.4, 0.5) is 0 Å². The minimum absolute atomic E-state index is 1.02. The van der Waals surface area contributed by atoms with Crippen molar-refractivity contribution in [2.24, 2.45) is 0 Å². The third-order valence-electron chi connectivity index (χ3n) is 3.72. The molecule has 0 saturated carbocycles. The minimum atomic E-state index is 1.02. The average Bonchev–Trinajstić information content (AvgIpc) is 2.78.